The van der Waals surface area contributed by atoms with E-state index in [1.165, 1.54) is 340 Å². The van der Waals surface area contributed by atoms with Gasteiger partial charge in [-0.25, -0.2) is 0 Å². The number of amides is 1. The van der Waals surface area contributed by atoms with Gasteiger partial charge in [0.25, 0.3) is 0 Å². The highest BCUT2D eigenvalue weighted by Gasteiger charge is 2.20. The summed E-state index contributed by atoms with van der Waals surface area (Å²) in [5.74, 6) is -0.00870. The second kappa shape index (κ2) is 68.1. The fourth-order valence-electron chi connectivity index (χ4n) is 11.6. The van der Waals surface area contributed by atoms with Crippen LogP contribution in [0.15, 0.2) is 12.2 Å². The molecule has 6 heteroatoms. The predicted octanol–water partition coefficient (Wildman–Crippen LogP) is 23.1. The summed E-state index contributed by atoms with van der Waals surface area (Å²) in [7, 11) is 0. The quantitative estimate of drug-likeness (QED) is 0.0320. The van der Waals surface area contributed by atoms with Crippen LogP contribution in [0, 0.1) is 0 Å². The molecule has 1 amide bonds. The van der Waals surface area contributed by atoms with Crippen LogP contribution in [0.25, 0.3) is 0 Å². The van der Waals surface area contributed by atoms with Crippen LogP contribution in [0.5, 0.6) is 0 Å². The van der Waals surface area contributed by atoms with E-state index in [-0.39, 0.29) is 18.5 Å². The molecule has 0 fully saturated rings. The molecule has 0 aliphatic heterocycles. The summed E-state index contributed by atoms with van der Waals surface area (Å²) in [4.78, 5) is 24.6. The molecule has 0 radical (unpaired) electrons. The van der Waals surface area contributed by atoms with E-state index >= 15 is 0 Å². The van der Waals surface area contributed by atoms with Gasteiger partial charge in [0.15, 0.2) is 0 Å². The van der Waals surface area contributed by atoms with E-state index in [0.29, 0.717) is 25.9 Å². The maximum atomic E-state index is 12.5. The van der Waals surface area contributed by atoms with E-state index in [0.717, 1.165) is 38.5 Å². The van der Waals surface area contributed by atoms with Crippen LogP contribution in [0.2, 0.25) is 0 Å². The molecule has 0 aromatic carbocycles. The van der Waals surface area contributed by atoms with Crippen molar-refractivity contribution in [3.8, 4) is 0 Å². The van der Waals surface area contributed by atoms with Crippen LogP contribution < -0.4 is 5.32 Å². The van der Waals surface area contributed by atoms with Crippen LogP contribution in [0.4, 0.5) is 0 Å². The first-order valence-electron chi connectivity index (χ1n) is 35.9. The van der Waals surface area contributed by atoms with Gasteiger partial charge in [-0.2, -0.15) is 0 Å². The van der Waals surface area contributed by atoms with Gasteiger partial charge in [0.2, 0.25) is 5.91 Å². The number of nitrogens with one attached hydrogen (secondary N) is 1. The molecule has 0 saturated heterocycles. The minimum Gasteiger partial charge on any atom is -0.466 e. The largest absolute Gasteiger partial charge is 0.466 e. The molecule has 0 aliphatic rings. The standard InChI is InChI=1S/C72H141NO5/c1-3-5-7-9-11-13-15-17-18-19-32-36-39-42-46-50-54-58-62-66-72(77)78-67-63-59-55-51-47-43-40-37-34-31-29-27-25-23-21-20-22-24-26-28-30-33-35-38-41-45-49-53-57-61-65-71(76)73-69(68-74)70(75)64-60-56-52-48-44-16-14-12-10-8-6-4-2/h21,23,69-70,74-75H,3-20,22,24-68H2,1-2H3,(H,73,76)/b23-21-. The van der Waals surface area contributed by atoms with Crippen LogP contribution in [-0.2, 0) is 14.3 Å². The lowest BCUT2D eigenvalue weighted by Gasteiger charge is -2.22. The van der Waals surface area contributed by atoms with Crippen LogP contribution in [-0.4, -0.2) is 47.4 Å². The van der Waals surface area contributed by atoms with Crippen molar-refractivity contribution in [2.24, 2.45) is 0 Å². The molecule has 0 saturated carbocycles. The zero-order valence-electron chi connectivity index (χ0n) is 53.2. The topological polar surface area (TPSA) is 95.9 Å². The lowest BCUT2D eigenvalue weighted by atomic mass is 10.0. The minimum atomic E-state index is -0.661. The lowest BCUT2D eigenvalue weighted by molar-refractivity contribution is -0.143. The number of hydrogen-bond donors (Lipinski definition) is 3. The summed E-state index contributed by atoms with van der Waals surface area (Å²) < 4.78 is 5.51. The van der Waals surface area contributed by atoms with Gasteiger partial charge in [-0.1, -0.05) is 360 Å². The summed E-state index contributed by atoms with van der Waals surface area (Å²) in [6.07, 6.45) is 84.2. The van der Waals surface area contributed by atoms with Gasteiger partial charge in [-0.3, -0.25) is 9.59 Å². The first-order chi connectivity index (χ1) is 38.5. The number of carbonyl (C=O) groups excluding carboxylic acids is 2. The third-order valence-corrected chi connectivity index (χ3v) is 17.1. The third kappa shape index (κ3) is 63.8. The number of esters is 1. The number of rotatable bonds is 68. The summed E-state index contributed by atoms with van der Waals surface area (Å²) in [6, 6.07) is -0.538. The second-order valence-electron chi connectivity index (χ2n) is 24.9. The number of aliphatic hydroxyl groups excluding tert-OH is 2. The van der Waals surface area contributed by atoms with Gasteiger partial charge < -0.3 is 20.3 Å². The molecule has 0 aromatic heterocycles. The molecule has 6 nitrogen and oxygen atoms in total. The molecular formula is C72H141NO5. The zero-order valence-corrected chi connectivity index (χ0v) is 53.2. The van der Waals surface area contributed by atoms with E-state index in [1.807, 2.05) is 0 Å². The number of carbonyl (C=O) groups is 2. The monoisotopic (exact) mass is 1100 g/mol. The highest BCUT2D eigenvalue weighted by Crippen LogP contribution is 2.19. The SMILES string of the molecule is CCCCCCCCCCCCCCCCCCCCCC(=O)OCCCCCCCCCCCCCC/C=C\CCCCCCCCCCCCCCCCC(=O)NC(CO)C(O)CCCCCCCCCCCCCC. The smallest absolute Gasteiger partial charge is 0.305 e. The number of ether oxygens (including phenoxy) is 1. The molecule has 0 bridgehead atoms. The number of unbranched alkanes of at least 4 members (excludes halogenated alkanes) is 55. The van der Waals surface area contributed by atoms with Crippen molar-refractivity contribution in [3.05, 3.63) is 12.2 Å². The molecule has 3 N–H and O–H groups in total. The molecular weight excluding hydrogens is 959 g/mol. The third-order valence-electron chi connectivity index (χ3n) is 17.1. The fraction of sp³-hybridized carbons (Fsp3) is 0.944. The van der Waals surface area contributed by atoms with Crippen molar-refractivity contribution in [1.29, 1.82) is 0 Å². The van der Waals surface area contributed by atoms with E-state index in [1.54, 1.807) is 0 Å². The molecule has 2 atom stereocenters. The molecule has 0 aromatic rings. The van der Waals surface area contributed by atoms with E-state index < -0.39 is 12.1 Å². The Morgan fingerprint density at radius 1 is 0.346 bits per heavy atom. The summed E-state index contributed by atoms with van der Waals surface area (Å²) in [5, 5.41) is 23.3. The zero-order chi connectivity index (χ0) is 56.4. The van der Waals surface area contributed by atoms with Crippen molar-refractivity contribution in [2.75, 3.05) is 13.2 Å². The van der Waals surface area contributed by atoms with E-state index in [9.17, 15) is 19.8 Å². The van der Waals surface area contributed by atoms with Crippen LogP contribution in [0.1, 0.15) is 412 Å². The Kier molecular flexibility index (Phi) is 66.9. The van der Waals surface area contributed by atoms with Crippen LogP contribution in [0.3, 0.4) is 0 Å². The molecule has 0 rings (SSSR count). The average Bonchev–Trinajstić information content (AvgIpc) is 3.44. The van der Waals surface area contributed by atoms with Gasteiger partial charge in [-0.05, 0) is 51.4 Å². The Labute approximate surface area is 489 Å². The van der Waals surface area contributed by atoms with Gasteiger partial charge in [-0.15, -0.1) is 0 Å². The Hall–Kier alpha value is -1.40. The average molecular weight is 1100 g/mol. The summed E-state index contributed by atoms with van der Waals surface area (Å²) in [5.41, 5.74) is 0. The molecule has 2 unspecified atom stereocenters. The maximum Gasteiger partial charge on any atom is 0.305 e. The first kappa shape index (κ1) is 76.6. The number of aliphatic hydroxyl groups is 2. The maximum absolute atomic E-state index is 12.5. The van der Waals surface area contributed by atoms with Crippen molar-refractivity contribution < 1.29 is 24.5 Å². The normalized spacial score (nSPS) is 12.5. The Morgan fingerprint density at radius 2 is 0.603 bits per heavy atom. The lowest BCUT2D eigenvalue weighted by Crippen LogP contribution is -2.45. The van der Waals surface area contributed by atoms with Gasteiger partial charge >= 0.3 is 5.97 Å². The Bertz CT molecular complexity index is 1180. The summed E-state index contributed by atoms with van der Waals surface area (Å²) in [6.45, 7) is 4.99. The second-order valence-corrected chi connectivity index (χ2v) is 24.9. The van der Waals surface area contributed by atoms with Crippen molar-refractivity contribution in [2.45, 2.75) is 424 Å². The van der Waals surface area contributed by atoms with E-state index in [2.05, 4.69) is 31.3 Å². The van der Waals surface area contributed by atoms with Crippen LogP contribution >= 0.6 is 0 Å². The summed E-state index contributed by atoms with van der Waals surface area (Å²) >= 11 is 0. The highest BCUT2D eigenvalue weighted by atomic mass is 16.5. The Balaban J connectivity index is 3.32. The Morgan fingerprint density at radius 3 is 0.910 bits per heavy atom. The van der Waals surface area contributed by atoms with Gasteiger partial charge in [0, 0.05) is 12.8 Å². The predicted molar refractivity (Wildman–Crippen MR) is 343 cm³/mol. The van der Waals surface area contributed by atoms with Crippen molar-refractivity contribution >= 4 is 11.9 Å². The van der Waals surface area contributed by atoms with Crippen molar-refractivity contribution in [1.82, 2.24) is 5.32 Å². The number of allylic oxidation sites excluding steroid dienone is 2. The molecule has 0 aliphatic carbocycles. The first-order valence-corrected chi connectivity index (χ1v) is 35.9. The number of hydrogen-bond acceptors (Lipinski definition) is 5. The highest BCUT2D eigenvalue weighted by molar-refractivity contribution is 5.76. The molecule has 0 heterocycles. The van der Waals surface area contributed by atoms with Gasteiger partial charge in [0.1, 0.15) is 0 Å². The van der Waals surface area contributed by atoms with Gasteiger partial charge in [0.05, 0.1) is 25.4 Å². The molecule has 0 spiro atoms. The fourth-order valence-corrected chi connectivity index (χ4v) is 11.6. The van der Waals surface area contributed by atoms with E-state index in [4.69, 9.17) is 4.74 Å². The minimum absolute atomic E-state index is 0.0229. The van der Waals surface area contributed by atoms with Crippen molar-refractivity contribution in [3.63, 3.8) is 0 Å². The molecule has 78 heavy (non-hydrogen) atoms. The molecule has 464 valence electrons.